The van der Waals surface area contributed by atoms with Crippen LogP contribution in [-0.4, -0.2) is 0 Å². The van der Waals surface area contributed by atoms with Gasteiger partial charge in [0, 0.05) is 14.3 Å². The first kappa shape index (κ1) is 3.62. The van der Waals surface area contributed by atoms with E-state index in [1.54, 1.807) is 12.1 Å². The van der Waals surface area contributed by atoms with Gasteiger partial charge in [-0.2, -0.15) is 0 Å². The van der Waals surface area contributed by atoms with E-state index in [0.717, 1.165) is 0 Å². The van der Waals surface area contributed by atoms with E-state index < -0.39 is 6.85 Å². The molecule has 0 aromatic heterocycles. The van der Waals surface area contributed by atoms with Crippen LogP contribution in [0, 0.1) is 6.85 Å². The minimum atomic E-state index is -2.13. The van der Waals surface area contributed by atoms with Gasteiger partial charge in [0.15, 0.2) is 0 Å². The molecule has 0 saturated carbocycles. The highest BCUT2D eigenvalue weighted by Gasteiger charge is 1.94. The Balaban J connectivity index is 3.26. The number of benzene rings is 1. The molecule has 48 valence electrons. The fraction of sp³-hybridized carbons (Fsp3) is 0.143. The summed E-state index contributed by atoms with van der Waals surface area (Å²) in [4.78, 5) is 0. The van der Waals surface area contributed by atoms with Gasteiger partial charge in [0.25, 0.3) is 0 Å². The summed E-state index contributed by atoms with van der Waals surface area (Å²) in [5, 5.41) is 0. The second-order valence-corrected chi connectivity index (χ2v) is 2.56. The lowest BCUT2D eigenvalue weighted by Gasteiger charge is -1.99. The summed E-state index contributed by atoms with van der Waals surface area (Å²) in [6.07, 6.45) is 0. The maximum Gasteiger partial charge on any atom is 0.0488 e. The third-order valence-electron chi connectivity index (χ3n) is 1.05. The predicted octanol–water partition coefficient (Wildman–Crippen LogP) is 2.34. The molecule has 0 saturated heterocycles. The molecule has 1 rings (SSSR count). The van der Waals surface area contributed by atoms with Crippen LogP contribution >= 0.6 is 15.9 Å². The van der Waals surface area contributed by atoms with Crippen LogP contribution in [0.25, 0.3) is 0 Å². The molecule has 0 fully saturated rings. The molecule has 0 radical (unpaired) electrons. The van der Waals surface area contributed by atoms with E-state index in [-0.39, 0.29) is 11.3 Å². The predicted molar refractivity (Wildman–Crippen MR) is 43.3 cm³/mol. The van der Waals surface area contributed by atoms with Crippen molar-refractivity contribution in [1.82, 2.24) is 0 Å². The van der Waals surface area contributed by atoms with Gasteiger partial charge in [-0.05, 0) is 34.4 Å². The molecule has 1 aromatic carbocycles. The molecule has 0 aliphatic carbocycles. The quantitative estimate of drug-likeness (QED) is 0.622. The van der Waals surface area contributed by atoms with Gasteiger partial charge in [0.1, 0.15) is 0 Å². The van der Waals surface area contributed by atoms with Crippen LogP contribution in [0.1, 0.15) is 9.68 Å². The van der Waals surface area contributed by atoms with E-state index in [4.69, 9.17) is 9.85 Å². The van der Waals surface area contributed by atoms with Crippen molar-refractivity contribution in [2.75, 3.05) is 5.73 Å². The molecule has 0 aliphatic heterocycles. The molecule has 2 heteroatoms. The SMILES string of the molecule is [2H]C([2H])([2H])c1cccc(Br)c1N. The molecule has 0 amide bonds. The van der Waals surface area contributed by atoms with Crippen molar-refractivity contribution in [3.63, 3.8) is 0 Å². The molecule has 2 N–H and O–H groups in total. The Labute approximate surface area is 67.2 Å². The highest BCUT2D eigenvalue weighted by atomic mass is 79.9. The minimum Gasteiger partial charge on any atom is -0.398 e. The first-order valence-electron chi connectivity index (χ1n) is 3.97. The van der Waals surface area contributed by atoms with Crippen molar-refractivity contribution >= 4 is 21.6 Å². The van der Waals surface area contributed by atoms with E-state index in [2.05, 4.69) is 15.9 Å². The number of aryl methyl sites for hydroxylation is 1. The zero-order valence-corrected chi connectivity index (χ0v) is 6.27. The molecule has 9 heavy (non-hydrogen) atoms. The Kier molecular flexibility index (Phi) is 0.962. The molecule has 0 aliphatic rings. The number of rotatable bonds is 0. The second kappa shape index (κ2) is 2.40. The number of halogens is 1. The van der Waals surface area contributed by atoms with Crippen molar-refractivity contribution in [3.05, 3.63) is 28.2 Å². The van der Waals surface area contributed by atoms with Crippen molar-refractivity contribution in [2.24, 2.45) is 0 Å². The largest absolute Gasteiger partial charge is 0.398 e. The smallest absolute Gasteiger partial charge is 0.0488 e. The molecular weight excluding hydrogens is 178 g/mol. The molecule has 0 atom stereocenters. The Bertz CT molecular complexity index is 295. The first-order chi connectivity index (χ1) is 5.43. The lowest BCUT2D eigenvalue weighted by atomic mass is 10.2. The summed E-state index contributed by atoms with van der Waals surface area (Å²) in [5.41, 5.74) is 6.04. The van der Waals surface area contributed by atoms with Crippen LogP contribution in [0.4, 0.5) is 5.69 Å². The number of nitrogens with two attached hydrogens (primary N) is 1. The van der Waals surface area contributed by atoms with E-state index >= 15 is 0 Å². The van der Waals surface area contributed by atoms with Gasteiger partial charge in [-0.15, -0.1) is 0 Å². The molecular formula is C7H8BrN. The van der Waals surface area contributed by atoms with E-state index in [1.807, 2.05) is 0 Å². The molecule has 1 aromatic rings. The lowest BCUT2D eigenvalue weighted by Crippen LogP contribution is -1.88. The number of hydrogen-bond donors (Lipinski definition) is 1. The number of anilines is 1. The summed E-state index contributed by atoms with van der Waals surface area (Å²) in [6, 6.07) is 4.87. The minimum absolute atomic E-state index is 0.192. The van der Waals surface area contributed by atoms with Gasteiger partial charge < -0.3 is 5.73 Å². The first-order valence-corrected chi connectivity index (χ1v) is 3.26. The Hall–Kier alpha value is -0.500. The molecule has 0 unspecified atom stereocenters. The van der Waals surface area contributed by atoms with Gasteiger partial charge in [-0.1, -0.05) is 12.1 Å². The summed E-state index contributed by atoms with van der Waals surface area (Å²) < 4.78 is 22.1. The van der Waals surface area contributed by atoms with Crippen molar-refractivity contribution < 1.29 is 4.11 Å². The maximum absolute atomic E-state index is 7.14. The second-order valence-electron chi connectivity index (χ2n) is 1.70. The highest BCUT2D eigenvalue weighted by molar-refractivity contribution is 9.10. The highest BCUT2D eigenvalue weighted by Crippen LogP contribution is 2.21. The standard InChI is InChI=1S/C7H8BrN/c1-5-3-2-4-6(8)7(5)9/h2-4H,9H2,1H3/i1D3. The summed E-state index contributed by atoms with van der Waals surface area (Å²) in [5.74, 6) is 0. The Morgan fingerprint density at radius 2 is 2.44 bits per heavy atom. The third kappa shape index (κ3) is 1.24. The zero-order chi connectivity index (χ0) is 9.35. The van der Waals surface area contributed by atoms with Gasteiger partial charge in [0.05, 0.1) is 0 Å². The summed E-state index contributed by atoms with van der Waals surface area (Å²) in [6.45, 7) is -2.13. The van der Waals surface area contributed by atoms with Gasteiger partial charge in [-0.3, -0.25) is 0 Å². The maximum atomic E-state index is 7.14. The molecule has 0 heterocycles. The lowest BCUT2D eigenvalue weighted by molar-refractivity contribution is 1.45. The van der Waals surface area contributed by atoms with Gasteiger partial charge in [0.2, 0.25) is 0 Å². The number of nitrogen functional groups attached to an aromatic ring is 1. The van der Waals surface area contributed by atoms with Crippen molar-refractivity contribution in [1.29, 1.82) is 0 Å². The van der Waals surface area contributed by atoms with E-state index in [0.29, 0.717) is 4.47 Å². The third-order valence-corrected chi connectivity index (χ3v) is 1.74. The zero-order valence-electron chi connectivity index (χ0n) is 7.69. The average molecular weight is 189 g/mol. The van der Waals surface area contributed by atoms with Gasteiger partial charge >= 0.3 is 0 Å². The van der Waals surface area contributed by atoms with Crippen LogP contribution < -0.4 is 5.73 Å². The molecule has 1 nitrogen and oxygen atoms in total. The fourth-order valence-corrected chi connectivity index (χ4v) is 0.903. The van der Waals surface area contributed by atoms with Crippen LogP contribution in [-0.2, 0) is 0 Å². The Morgan fingerprint density at radius 3 is 3.00 bits per heavy atom. The van der Waals surface area contributed by atoms with Crippen molar-refractivity contribution in [2.45, 2.75) is 6.85 Å². The van der Waals surface area contributed by atoms with E-state index in [1.165, 1.54) is 6.07 Å². The van der Waals surface area contributed by atoms with Crippen LogP contribution in [0.3, 0.4) is 0 Å². The normalized spacial score (nSPS) is 15.9. The average Bonchev–Trinajstić information content (AvgIpc) is 1.92. The molecule has 0 spiro atoms. The topological polar surface area (TPSA) is 26.0 Å². The number of hydrogen-bond acceptors (Lipinski definition) is 1. The van der Waals surface area contributed by atoms with E-state index in [9.17, 15) is 0 Å². The van der Waals surface area contributed by atoms with Crippen LogP contribution in [0.5, 0.6) is 0 Å². The molecule has 0 bridgehead atoms. The number of para-hydroxylation sites is 1. The van der Waals surface area contributed by atoms with Crippen LogP contribution in [0.15, 0.2) is 22.7 Å². The monoisotopic (exact) mass is 188 g/mol. The van der Waals surface area contributed by atoms with Crippen LogP contribution in [0.2, 0.25) is 0 Å². The fourth-order valence-electron chi connectivity index (χ4n) is 0.537. The summed E-state index contributed by atoms with van der Waals surface area (Å²) >= 11 is 3.16. The summed E-state index contributed by atoms with van der Waals surface area (Å²) in [7, 11) is 0. The Morgan fingerprint density at radius 1 is 1.67 bits per heavy atom. The van der Waals surface area contributed by atoms with Crippen molar-refractivity contribution in [3.8, 4) is 0 Å². The van der Waals surface area contributed by atoms with Gasteiger partial charge in [-0.25, -0.2) is 0 Å².